The Hall–Kier alpha value is -0.530. The van der Waals surface area contributed by atoms with Gasteiger partial charge in [0.1, 0.15) is 0 Å². The van der Waals surface area contributed by atoms with Crippen LogP contribution in [0.3, 0.4) is 0 Å². The van der Waals surface area contributed by atoms with Crippen LogP contribution < -0.4 is 5.32 Å². The summed E-state index contributed by atoms with van der Waals surface area (Å²) in [5.74, 6) is 0.112. The van der Waals surface area contributed by atoms with Gasteiger partial charge in [0, 0.05) is 16.4 Å². The summed E-state index contributed by atoms with van der Waals surface area (Å²) >= 11 is 5.02. The third kappa shape index (κ3) is 3.37. The van der Waals surface area contributed by atoms with E-state index in [2.05, 4.69) is 27.3 Å². The van der Waals surface area contributed by atoms with Crippen LogP contribution in [0.1, 0.15) is 13.3 Å². The van der Waals surface area contributed by atoms with Crippen molar-refractivity contribution in [2.45, 2.75) is 13.3 Å². The van der Waals surface area contributed by atoms with Gasteiger partial charge >= 0.3 is 0 Å². The molecule has 0 aliphatic heterocycles. The quantitative estimate of drug-likeness (QED) is 0.898. The van der Waals surface area contributed by atoms with Crippen molar-refractivity contribution in [2.24, 2.45) is 5.92 Å². The molecular weight excluding hydrogens is 248 g/mol. The molecule has 0 aromatic carbocycles. The molecule has 70 valence electrons. The monoisotopic (exact) mass is 258 g/mol. The number of hydrogen-bond donors (Lipinski definition) is 1. The van der Waals surface area contributed by atoms with Gasteiger partial charge < -0.3 is 5.32 Å². The predicted molar refractivity (Wildman–Crippen MR) is 59.9 cm³/mol. The largest absolute Gasteiger partial charge is 0.376 e. The first-order chi connectivity index (χ1) is 6.26. The number of rotatable bonds is 4. The fourth-order valence-corrected chi connectivity index (χ4v) is 2.24. The van der Waals surface area contributed by atoms with Crippen molar-refractivity contribution in [3.05, 3.63) is 15.9 Å². The van der Waals surface area contributed by atoms with E-state index in [0.717, 1.165) is 22.4 Å². The van der Waals surface area contributed by atoms with Gasteiger partial charge in [-0.05, 0) is 28.4 Å². The summed E-state index contributed by atoms with van der Waals surface area (Å²) < 4.78 is 1.09. The summed E-state index contributed by atoms with van der Waals surface area (Å²) in [5, 5.41) is 15.1. The van der Waals surface area contributed by atoms with Crippen LogP contribution in [0.25, 0.3) is 0 Å². The second kappa shape index (κ2) is 5.25. The van der Waals surface area contributed by atoms with Crippen LogP contribution >= 0.6 is 27.3 Å². The number of nitriles is 1. The first kappa shape index (κ1) is 10.6. The standard InChI is InChI=1S/C9H11BrN2S/c1-2-7(4-11)5-12-9-3-8(10)6-13-9/h3,6-7,12H,2,5H2,1H3. The Labute approximate surface area is 90.7 Å². The average Bonchev–Trinajstić information content (AvgIpc) is 2.53. The van der Waals surface area contributed by atoms with Gasteiger partial charge in [0.2, 0.25) is 0 Å². The fraction of sp³-hybridized carbons (Fsp3) is 0.444. The molecule has 13 heavy (non-hydrogen) atoms. The Kier molecular flexibility index (Phi) is 4.26. The SMILES string of the molecule is CCC(C#N)CNc1cc(Br)cs1. The lowest BCUT2D eigenvalue weighted by molar-refractivity contribution is 0.675. The molecule has 0 radical (unpaired) electrons. The van der Waals surface area contributed by atoms with Crippen molar-refractivity contribution in [1.29, 1.82) is 5.26 Å². The molecule has 2 nitrogen and oxygen atoms in total. The minimum atomic E-state index is 0.112. The Morgan fingerprint density at radius 2 is 2.54 bits per heavy atom. The molecule has 1 N–H and O–H groups in total. The van der Waals surface area contributed by atoms with E-state index in [4.69, 9.17) is 5.26 Å². The van der Waals surface area contributed by atoms with Crippen LogP contribution in [0.4, 0.5) is 5.00 Å². The molecule has 0 spiro atoms. The van der Waals surface area contributed by atoms with Crippen LogP contribution in [0.15, 0.2) is 15.9 Å². The first-order valence-corrected chi connectivity index (χ1v) is 5.81. The van der Waals surface area contributed by atoms with E-state index in [-0.39, 0.29) is 5.92 Å². The number of nitrogens with one attached hydrogen (secondary N) is 1. The molecule has 0 aliphatic carbocycles. The molecule has 1 aromatic heterocycles. The van der Waals surface area contributed by atoms with Gasteiger partial charge in [-0.3, -0.25) is 0 Å². The summed E-state index contributed by atoms with van der Waals surface area (Å²) in [6.45, 7) is 2.76. The van der Waals surface area contributed by atoms with Crippen molar-refractivity contribution in [1.82, 2.24) is 0 Å². The van der Waals surface area contributed by atoms with Crippen LogP contribution in [0, 0.1) is 17.2 Å². The lowest BCUT2D eigenvalue weighted by Gasteiger charge is -2.06. The molecule has 0 bridgehead atoms. The highest BCUT2D eigenvalue weighted by Gasteiger charge is 2.04. The number of halogens is 1. The van der Waals surface area contributed by atoms with Gasteiger partial charge in [0.25, 0.3) is 0 Å². The Bertz CT molecular complexity index is 303. The van der Waals surface area contributed by atoms with Crippen molar-refractivity contribution in [3.63, 3.8) is 0 Å². The fourth-order valence-electron chi connectivity index (χ4n) is 0.911. The summed E-state index contributed by atoms with van der Waals surface area (Å²) in [7, 11) is 0. The summed E-state index contributed by atoms with van der Waals surface area (Å²) in [4.78, 5) is 0. The topological polar surface area (TPSA) is 35.8 Å². The number of anilines is 1. The lowest BCUT2D eigenvalue weighted by atomic mass is 10.1. The molecular formula is C9H11BrN2S. The zero-order chi connectivity index (χ0) is 9.68. The molecule has 0 fully saturated rings. The molecule has 0 amide bonds. The molecule has 0 saturated heterocycles. The molecule has 1 aromatic rings. The lowest BCUT2D eigenvalue weighted by Crippen LogP contribution is -2.10. The van der Waals surface area contributed by atoms with Crippen molar-refractivity contribution >= 4 is 32.3 Å². The van der Waals surface area contributed by atoms with Gasteiger partial charge in [0.05, 0.1) is 17.0 Å². The van der Waals surface area contributed by atoms with E-state index in [1.807, 2.05) is 18.4 Å². The van der Waals surface area contributed by atoms with E-state index in [1.54, 1.807) is 11.3 Å². The molecule has 0 aliphatic rings. The van der Waals surface area contributed by atoms with E-state index in [9.17, 15) is 0 Å². The maximum atomic E-state index is 8.71. The van der Waals surface area contributed by atoms with Crippen molar-refractivity contribution < 1.29 is 0 Å². The summed E-state index contributed by atoms with van der Waals surface area (Å²) in [6, 6.07) is 4.28. The minimum Gasteiger partial charge on any atom is -0.376 e. The van der Waals surface area contributed by atoms with Gasteiger partial charge in [-0.1, -0.05) is 6.92 Å². The average molecular weight is 259 g/mol. The van der Waals surface area contributed by atoms with E-state index in [0.29, 0.717) is 0 Å². The van der Waals surface area contributed by atoms with E-state index in [1.165, 1.54) is 0 Å². The van der Waals surface area contributed by atoms with E-state index < -0.39 is 0 Å². The summed E-state index contributed by atoms with van der Waals surface area (Å²) in [6.07, 6.45) is 0.899. The third-order valence-corrected chi connectivity index (χ3v) is 3.41. The van der Waals surface area contributed by atoms with Crippen molar-refractivity contribution in [3.8, 4) is 6.07 Å². The maximum Gasteiger partial charge on any atom is 0.0894 e. The van der Waals surface area contributed by atoms with Crippen molar-refractivity contribution in [2.75, 3.05) is 11.9 Å². The molecule has 1 heterocycles. The molecule has 1 unspecified atom stereocenters. The normalized spacial score (nSPS) is 12.1. The third-order valence-electron chi connectivity index (χ3n) is 1.77. The van der Waals surface area contributed by atoms with Crippen LogP contribution in [0.2, 0.25) is 0 Å². The molecule has 0 saturated carbocycles. The second-order valence-corrected chi connectivity index (χ2v) is 4.57. The Morgan fingerprint density at radius 1 is 1.77 bits per heavy atom. The highest BCUT2D eigenvalue weighted by molar-refractivity contribution is 9.10. The van der Waals surface area contributed by atoms with Gasteiger partial charge in [0.15, 0.2) is 0 Å². The summed E-state index contributed by atoms with van der Waals surface area (Å²) in [5.41, 5.74) is 0. The maximum absolute atomic E-state index is 8.71. The second-order valence-electron chi connectivity index (χ2n) is 2.74. The van der Waals surface area contributed by atoms with Gasteiger partial charge in [-0.25, -0.2) is 0 Å². The number of thiophene rings is 1. The van der Waals surface area contributed by atoms with Crippen LogP contribution in [0.5, 0.6) is 0 Å². The molecule has 4 heteroatoms. The number of nitrogens with zero attached hydrogens (tertiary/aromatic N) is 1. The van der Waals surface area contributed by atoms with Gasteiger partial charge in [-0.2, -0.15) is 5.26 Å². The van der Waals surface area contributed by atoms with Crippen LogP contribution in [-0.4, -0.2) is 6.54 Å². The predicted octanol–water partition coefficient (Wildman–Crippen LogP) is 3.47. The zero-order valence-corrected chi connectivity index (χ0v) is 9.78. The smallest absolute Gasteiger partial charge is 0.0894 e. The van der Waals surface area contributed by atoms with Crippen LogP contribution in [-0.2, 0) is 0 Å². The van der Waals surface area contributed by atoms with E-state index >= 15 is 0 Å². The highest BCUT2D eigenvalue weighted by Crippen LogP contribution is 2.24. The Morgan fingerprint density at radius 3 is 3.00 bits per heavy atom. The van der Waals surface area contributed by atoms with Gasteiger partial charge in [-0.15, -0.1) is 11.3 Å². The Balaban J connectivity index is 2.39. The molecule has 1 atom stereocenters. The highest BCUT2D eigenvalue weighted by atomic mass is 79.9. The first-order valence-electron chi connectivity index (χ1n) is 4.13. The minimum absolute atomic E-state index is 0.112. The zero-order valence-electron chi connectivity index (χ0n) is 7.38. The number of hydrogen-bond acceptors (Lipinski definition) is 3. The molecule has 1 rings (SSSR count).